The molecule has 0 aromatic rings. The van der Waals surface area contributed by atoms with Crippen LogP contribution in [0.2, 0.25) is 0 Å². The fraction of sp³-hybridized carbons (Fsp3) is 0.786. The molecule has 0 aliphatic heterocycles. The monoisotopic (exact) mass is 441 g/mol. The van der Waals surface area contributed by atoms with Crippen LogP contribution in [0.25, 0.3) is 0 Å². The molecule has 0 heterocycles. The molecule has 0 unspecified atom stereocenters. The fourth-order valence-corrected chi connectivity index (χ4v) is 7.66. The van der Waals surface area contributed by atoms with Crippen LogP contribution >= 0.6 is 0 Å². The molecule has 32 heavy (non-hydrogen) atoms. The molecule has 0 radical (unpaired) electrons. The van der Waals surface area contributed by atoms with Gasteiger partial charge in [0.15, 0.2) is 0 Å². The maximum atomic E-state index is 13.2. The molecular formula is C28H43NO3. The Morgan fingerprint density at radius 3 is 2.47 bits per heavy atom. The predicted molar refractivity (Wildman–Crippen MR) is 128 cm³/mol. The van der Waals surface area contributed by atoms with E-state index in [9.17, 15) is 9.59 Å². The minimum atomic E-state index is -0.179. The van der Waals surface area contributed by atoms with Crippen molar-refractivity contribution in [1.29, 1.82) is 0 Å². The van der Waals surface area contributed by atoms with Crippen molar-refractivity contribution >= 4 is 11.9 Å². The molecule has 4 aliphatic carbocycles. The summed E-state index contributed by atoms with van der Waals surface area (Å²) in [4.78, 5) is 25.7. The average molecular weight is 442 g/mol. The summed E-state index contributed by atoms with van der Waals surface area (Å²) >= 11 is 0. The molecule has 4 heteroatoms. The summed E-state index contributed by atoms with van der Waals surface area (Å²) in [5, 5.41) is 3.27. The van der Waals surface area contributed by atoms with Crippen molar-refractivity contribution < 1.29 is 14.3 Å². The smallest absolute Gasteiger partial charge is 0.334 e. The second-order valence-corrected chi connectivity index (χ2v) is 12.7. The summed E-state index contributed by atoms with van der Waals surface area (Å²) < 4.78 is 5.48. The van der Waals surface area contributed by atoms with Gasteiger partial charge in [0.1, 0.15) is 0 Å². The molecular weight excluding hydrogens is 398 g/mol. The zero-order chi connectivity index (χ0) is 23.5. The lowest BCUT2D eigenvalue weighted by Crippen LogP contribution is -2.52. The van der Waals surface area contributed by atoms with Crippen LogP contribution in [0, 0.1) is 34.5 Å². The van der Waals surface area contributed by atoms with Crippen molar-refractivity contribution in [2.75, 3.05) is 0 Å². The third kappa shape index (κ3) is 3.96. The zero-order valence-corrected chi connectivity index (χ0v) is 21.2. The van der Waals surface area contributed by atoms with Crippen LogP contribution < -0.4 is 5.32 Å². The van der Waals surface area contributed by atoms with E-state index >= 15 is 0 Å². The van der Waals surface area contributed by atoms with Gasteiger partial charge in [-0.1, -0.05) is 19.9 Å². The predicted octanol–water partition coefficient (Wildman–Crippen LogP) is 5.97. The van der Waals surface area contributed by atoms with Crippen molar-refractivity contribution in [3.8, 4) is 0 Å². The molecule has 4 rings (SSSR count). The van der Waals surface area contributed by atoms with E-state index in [2.05, 4.69) is 52.1 Å². The molecule has 6 atom stereocenters. The Hall–Kier alpha value is -1.58. The van der Waals surface area contributed by atoms with Crippen molar-refractivity contribution in [2.24, 2.45) is 34.5 Å². The normalized spacial score (nSPS) is 38.8. The number of fused-ring (bicyclic) bond motifs is 5. The third-order valence-corrected chi connectivity index (χ3v) is 9.19. The number of allylic oxidation sites excluding steroid dienone is 3. The standard InChI is InChI=1S/C28H43NO3/c1-17(2)32-25(31)18-12-14-27(6)19(16-18)8-9-20-21-10-11-23(24(30)29-26(3,4)5)28(21,7)15-13-22(20)27/h8,16-17,20-23H,9-15H2,1-7H3,(H,29,30)/t20-,21-,22-,23+,27-,28-/m0/s1. The lowest BCUT2D eigenvalue weighted by Gasteiger charge is -2.57. The molecule has 2 saturated carbocycles. The number of ether oxygens (including phenoxy) is 1. The highest BCUT2D eigenvalue weighted by Gasteiger charge is 2.59. The Morgan fingerprint density at radius 2 is 1.81 bits per heavy atom. The van der Waals surface area contributed by atoms with Gasteiger partial charge in [0, 0.05) is 17.0 Å². The fourth-order valence-electron chi connectivity index (χ4n) is 7.66. The molecule has 0 saturated heterocycles. The van der Waals surface area contributed by atoms with E-state index in [1.54, 1.807) is 0 Å². The highest BCUT2D eigenvalue weighted by molar-refractivity contribution is 5.89. The number of carbonyl (C=O) groups excluding carboxylic acids is 2. The summed E-state index contributed by atoms with van der Waals surface area (Å²) in [6.45, 7) is 14.9. The number of amides is 1. The van der Waals surface area contributed by atoms with E-state index in [1.807, 2.05) is 13.8 Å². The SMILES string of the molecule is CC(C)OC(=O)C1=CC2=CC[C@H]3[C@@H]4CC[C@H](C(=O)NC(C)(C)C)[C@@]4(C)CC[C@@H]3[C@@]2(C)CC1. The largest absolute Gasteiger partial charge is 0.460 e. The van der Waals surface area contributed by atoms with Gasteiger partial charge in [-0.2, -0.15) is 0 Å². The minimum absolute atomic E-state index is 0.0803. The first-order chi connectivity index (χ1) is 14.8. The van der Waals surface area contributed by atoms with Gasteiger partial charge in [-0.25, -0.2) is 4.79 Å². The third-order valence-electron chi connectivity index (χ3n) is 9.19. The summed E-state index contributed by atoms with van der Waals surface area (Å²) in [5.41, 5.74) is 2.25. The Labute approximate surface area is 194 Å². The topological polar surface area (TPSA) is 55.4 Å². The molecule has 4 nitrogen and oxygen atoms in total. The van der Waals surface area contributed by atoms with Crippen LogP contribution in [0.4, 0.5) is 0 Å². The van der Waals surface area contributed by atoms with Crippen molar-refractivity contribution in [3.05, 3.63) is 23.3 Å². The first-order valence-corrected chi connectivity index (χ1v) is 12.8. The van der Waals surface area contributed by atoms with Gasteiger partial charge in [-0.15, -0.1) is 0 Å². The van der Waals surface area contributed by atoms with Gasteiger partial charge in [0.05, 0.1) is 6.10 Å². The second kappa shape index (κ2) is 8.02. The summed E-state index contributed by atoms with van der Waals surface area (Å²) in [7, 11) is 0. The molecule has 0 aromatic carbocycles. The van der Waals surface area contributed by atoms with Crippen molar-refractivity contribution in [1.82, 2.24) is 5.32 Å². The van der Waals surface area contributed by atoms with Gasteiger partial charge in [-0.05, 0) is 120 Å². The number of rotatable bonds is 3. The van der Waals surface area contributed by atoms with Gasteiger partial charge in [0.25, 0.3) is 0 Å². The highest BCUT2D eigenvalue weighted by Crippen LogP contribution is 2.66. The Kier molecular flexibility index (Phi) is 5.91. The highest BCUT2D eigenvalue weighted by atomic mass is 16.5. The Morgan fingerprint density at radius 1 is 1.09 bits per heavy atom. The lowest BCUT2D eigenvalue weighted by molar-refractivity contribution is -0.143. The van der Waals surface area contributed by atoms with Crippen LogP contribution in [0.15, 0.2) is 23.3 Å². The Bertz CT molecular complexity index is 847. The number of esters is 1. The number of hydrogen-bond donors (Lipinski definition) is 1. The molecule has 2 fully saturated rings. The average Bonchev–Trinajstić information content (AvgIpc) is 3.02. The van der Waals surface area contributed by atoms with Gasteiger partial charge in [0.2, 0.25) is 5.91 Å². The van der Waals surface area contributed by atoms with Gasteiger partial charge < -0.3 is 10.1 Å². The van der Waals surface area contributed by atoms with Gasteiger partial charge >= 0.3 is 5.97 Å². The molecule has 1 N–H and O–H groups in total. The molecule has 4 aliphatic rings. The second-order valence-electron chi connectivity index (χ2n) is 12.7. The van der Waals surface area contributed by atoms with E-state index in [-0.39, 0.29) is 40.3 Å². The van der Waals surface area contributed by atoms with Crippen LogP contribution in [-0.2, 0) is 14.3 Å². The van der Waals surface area contributed by atoms with Crippen molar-refractivity contribution in [2.45, 2.75) is 105 Å². The maximum absolute atomic E-state index is 13.2. The molecule has 0 aromatic heterocycles. The van der Waals surface area contributed by atoms with E-state index in [1.165, 1.54) is 18.4 Å². The van der Waals surface area contributed by atoms with E-state index < -0.39 is 0 Å². The first kappa shape index (κ1) is 23.6. The molecule has 0 spiro atoms. The van der Waals surface area contributed by atoms with Crippen LogP contribution in [0.3, 0.4) is 0 Å². The van der Waals surface area contributed by atoms with Crippen LogP contribution in [0.5, 0.6) is 0 Å². The minimum Gasteiger partial charge on any atom is -0.460 e. The summed E-state index contributed by atoms with van der Waals surface area (Å²) in [5.74, 6) is 2.15. The number of hydrogen-bond acceptors (Lipinski definition) is 3. The van der Waals surface area contributed by atoms with Crippen LogP contribution in [-0.4, -0.2) is 23.5 Å². The first-order valence-electron chi connectivity index (χ1n) is 12.8. The van der Waals surface area contributed by atoms with Crippen molar-refractivity contribution in [3.63, 3.8) is 0 Å². The maximum Gasteiger partial charge on any atom is 0.334 e. The molecule has 178 valence electrons. The Balaban J connectivity index is 1.56. The zero-order valence-electron chi connectivity index (χ0n) is 21.2. The van der Waals surface area contributed by atoms with E-state index in [4.69, 9.17) is 4.74 Å². The molecule has 1 amide bonds. The quantitative estimate of drug-likeness (QED) is 0.549. The summed E-state index contributed by atoms with van der Waals surface area (Å²) in [6.07, 6.45) is 11.9. The number of nitrogens with one attached hydrogen (secondary N) is 1. The molecule has 0 bridgehead atoms. The van der Waals surface area contributed by atoms with E-state index in [0.717, 1.165) is 37.7 Å². The summed E-state index contributed by atoms with van der Waals surface area (Å²) in [6, 6.07) is 0. The van der Waals surface area contributed by atoms with Gasteiger partial charge in [-0.3, -0.25) is 4.79 Å². The van der Waals surface area contributed by atoms with Crippen LogP contribution in [0.1, 0.15) is 93.4 Å². The lowest BCUT2D eigenvalue weighted by atomic mass is 9.48. The number of carbonyl (C=O) groups is 2. The van der Waals surface area contributed by atoms with E-state index in [0.29, 0.717) is 17.8 Å².